The van der Waals surface area contributed by atoms with E-state index in [1.54, 1.807) is 60.7 Å². The van der Waals surface area contributed by atoms with E-state index in [0.717, 1.165) is 11.1 Å². The number of ether oxygens (including phenoxy) is 3. The lowest BCUT2D eigenvalue weighted by Crippen LogP contribution is -2.37. The maximum Gasteiger partial charge on any atom is 0.546 e. The Morgan fingerprint density at radius 1 is 1.00 bits per heavy atom. The monoisotopic (exact) mass is 637 g/mol. The molecule has 0 saturated carbocycles. The maximum atomic E-state index is 13.0. The van der Waals surface area contributed by atoms with Gasteiger partial charge in [0.15, 0.2) is 0 Å². The van der Waals surface area contributed by atoms with Gasteiger partial charge in [0.2, 0.25) is 5.30 Å². The Kier molecular flexibility index (Phi) is 10.1. The molecular formula is C32H34N2O8PS+. The molecule has 4 bridgehead atoms. The summed E-state index contributed by atoms with van der Waals surface area (Å²) in [5.41, 5.74) is 2.70. The Bertz CT molecular complexity index is 1720. The van der Waals surface area contributed by atoms with Crippen molar-refractivity contribution in [2.24, 2.45) is 0 Å². The molecule has 0 fully saturated rings. The summed E-state index contributed by atoms with van der Waals surface area (Å²) in [4.78, 5) is 9.61. The molecule has 0 aliphatic carbocycles. The van der Waals surface area contributed by atoms with E-state index in [1.165, 1.54) is 6.07 Å². The number of hydrogen-bond donors (Lipinski definition) is 4. The minimum atomic E-state index is -3.84. The van der Waals surface area contributed by atoms with Crippen molar-refractivity contribution in [1.29, 1.82) is 0 Å². The van der Waals surface area contributed by atoms with Gasteiger partial charge < -0.3 is 24.6 Å². The zero-order chi connectivity index (χ0) is 31.1. The van der Waals surface area contributed by atoms with Crippen molar-refractivity contribution < 1.29 is 37.2 Å². The van der Waals surface area contributed by atoms with Crippen LogP contribution in [0.3, 0.4) is 0 Å². The molecule has 1 heterocycles. The highest BCUT2D eigenvalue weighted by Gasteiger charge is 2.22. The fourth-order valence-corrected chi connectivity index (χ4v) is 6.42. The summed E-state index contributed by atoms with van der Waals surface area (Å²) in [6, 6.07) is 26.0. The second-order valence-corrected chi connectivity index (χ2v) is 13.2. The Morgan fingerprint density at radius 2 is 1.80 bits per heavy atom. The van der Waals surface area contributed by atoms with Gasteiger partial charge in [-0.3, -0.25) is 4.72 Å². The first-order chi connectivity index (χ1) is 21.2. The molecule has 3 unspecified atom stereocenters. The van der Waals surface area contributed by atoms with Crippen molar-refractivity contribution in [3.05, 3.63) is 108 Å². The summed E-state index contributed by atoms with van der Waals surface area (Å²) in [6.45, 7) is 2.64. The van der Waals surface area contributed by atoms with Crippen LogP contribution in [0.15, 0.2) is 95.9 Å². The molecule has 1 aliphatic heterocycles. The Morgan fingerprint density at radius 3 is 2.59 bits per heavy atom. The Balaban J connectivity index is 1.09. The number of hydrogen-bond acceptors (Lipinski definition) is 8. The third-order valence-corrected chi connectivity index (χ3v) is 9.21. The second-order valence-electron chi connectivity index (χ2n) is 10.5. The van der Waals surface area contributed by atoms with E-state index >= 15 is 0 Å². The third-order valence-electron chi connectivity index (χ3n) is 7.00. The van der Waals surface area contributed by atoms with Gasteiger partial charge in [0, 0.05) is 24.2 Å². The summed E-state index contributed by atoms with van der Waals surface area (Å²) < 4.78 is 57.5. The number of anilines is 1. The molecule has 0 radical (unpaired) electrons. The maximum absolute atomic E-state index is 13.0. The highest BCUT2D eigenvalue weighted by Crippen LogP contribution is 2.33. The van der Waals surface area contributed by atoms with Gasteiger partial charge in [0.1, 0.15) is 43.2 Å². The van der Waals surface area contributed by atoms with Crippen LogP contribution in [-0.2, 0) is 34.2 Å². The second kappa shape index (κ2) is 14.2. The van der Waals surface area contributed by atoms with Crippen molar-refractivity contribution in [2.45, 2.75) is 43.6 Å². The predicted octanol–water partition coefficient (Wildman–Crippen LogP) is 4.28. The zero-order valence-electron chi connectivity index (χ0n) is 24.0. The van der Waals surface area contributed by atoms with Crippen LogP contribution in [0.4, 0.5) is 5.69 Å². The van der Waals surface area contributed by atoms with E-state index in [2.05, 4.69) is 10.0 Å². The van der Waals surface area contributed by atoms with Gasteiger partial charge in [0.25, 0.3) is 10.0 Å². The number of sulfonamides is 1. The van der Waals surface area contributed by atoms with Gasteiger partial charge in [-0.2, -0.15) is 4.89 Å². The van der Waals surface area contributed by atoms with Gasteiger partial charge in [-0.25, -0.2) is 8.42 Å². The molecule has 4 N–H and O–H groups in total. The molecule has 10 nitrogen and oxygen atoms in total. The van der Waals surface area contributed by atoms with Gasteiger partial charge in [-0.1, -0.05) is 42.5 Å². The molecule has 230 valence electrons. The summed E-state index contributed by atoms with van der Waals surface area (Å²) in [7, 11) is -6.29. The van der Waals surface area contributed by atoms with Crippen LogP contribution in [0.2, 0.25) is 0 Å². The highest BCUT2D eigenvalue weighted by atomic mass is 32.2. The Hall–Kier alpha value is -3.99. The molecular weight excluding hydrogens is 603 g/mol. The smallest absolute Gasteiger partial charge is 0.489 e. The van der Waals surface area contributed by atoms with Crippen molar-refractivity contribution >= 4 is 29.0 Å². The van der Waals surface area contributed by atoms with Crippen molar-refractivity contribution in [3.63, 3.8) is 0 Å². The molecule has 0 spiro atoms. The fourth-order valence-electron chi connectivity index (χ4n) is 4.69. The summed E-state index contributed by atoms with van der Waals surface area (Å²) in [6.07, 6.45) is -0.142. The van der Waals surface area contributed by atoms with Crippen molar-refractivity contribution in [1.82, 2.24) is 5.32 Å². The number of benzene rings is 4. The quantitative estimate of drug-likeness (QED) is 0.167. The largest absolute Gasteiger partial charge is 0.546 e. The summed E-state index contributed by atoms with van der Waals surface area (Å²) in [5.74, 6) is 1.42. The van der Waals surface area contributed by atoms with Gasteiger partial charge in [0.05, 0.1) is 10.6 Å². The van der Waals surface area contributed by atoms with Crippen LogP contribution in [0, 0.1) is 0 Å². The number of rotatable bonds is 12. The number of nitrogens with one attached hydrogen (secondary N) is 2. The molecule has 0 saturated heterocycles. The fraction of sp³-hybridized carbons (Fsp3) is 0.250. The van der Waals surface area contributed by atoms with Crippen LogP contribution in [0.5, 0.6) is 17.2 Å². The molecule has 12 heteroatoms. The van der Waals surface area contributed by atoms with Crippen LogP contribution in [-0.4, -0.2) is 43.7 Å². The van der Waals surface area contributed by atoms with Gasteiger partial charge >= 0.3 is 8.03 Å². The first-order valence-electron chi connectivity index (χ1n) is 14.0. The molecule has 0 amide bonds. The van der Waals surface area contributed by atoms with E-state index in [-0.39, 0.29) is 48.7 Å². The minimum absolute atomic E-state index is 0.0456. The highest BCUT2D eigenvalue weighted by molar-refractivity contribution is 7.92. The SMILES string of the molecule is CC(Cc1ccc(OCc2ccccc2[P+](=O)O)cc1)NCC(O)COc1ccc2cc1NS(=O)(=O)c1cccc(c1)CO2. The topological polar surface area (TPSA) is 143 Å². The van der Waals surface area contributed by atoms with Crippen LogP contribution < -0.4 is 29.6 Å². The number of aliphatic hydroxyl groups is 1. The van der Waals surface area contributed by atoms with E-state index in [4.69, 9.17) is 14.2 Å². The van der Waals surface area contributed by atoms with E-state index in [1.807, 2.05) is 31.2 Å². The summed E-state index contributed by atoms with van der Waals surface area (Å²) >= 11 is 0. The average molecular weight is 638 g/mol. The Labute approximate surface area is 257 Å². The third kappa shape index (κ3) is 8.34. The first-order valence-corrected chi connectivity index (χ1v) is 16.7. The summed E-state index contributed by atoms with van der Waals surface area (Å²) in [5, 5.41) is 14.2. The average Bonchev–Trinajstić information content (AvgIpc) is 3.01. The molecule has 4 aromatic rings. The number of fused-ring (bicyclic) bond motifs is 4. The lowest BCUT2D eigenvalue weighted by atomic mass is 10.1. The van der Waals surface area contributed by atoms with Gasteiger partial charge in [-0.05, 0) is 71.5 Å². The first kappa shape index (κ1) is 31.4. The molecule has 44 heavy (non-hydrogen) atoms. The van der Waals surface area contributed by atoms with E-state index in [0.29, 0.717) is 28.8 Å². The lowest BCUT2D eigenvalue weighted by molar-refractivity contribution is 0.104. The minimum Gasteiger partial charge on any atom is -0.489 e. The zero-order valence-corrected chi connectivity index (χ0v) is 25.8. The van der Waals surface area contributed by atoms with E-state index < -0.39 is 24.2 Å². The molecule has 4 aromatic carbocycles. The van der Waals surface area contributed by atoms with Crippen LogP contribution in [0.25, 0.3) is 0 Å². The molecule has 5 rings (SSSR count). The van der Waals surface area contributed by atoms with Crippen molar-refractivity contribution in [3.8, 4) is 17.2 Å². The van der Waals surface area contributed by atoms with E-state index in [9.17, 15) is 23.0 Å². The predicted molar refractivity (Wildman–Crippen MR) is 167 cm³/mol. The van der Waals surface area contributed by atoms with Crippen LogP contribution in [0.1, 0.15) is 23.6 Å². The number of aliphatic hydroxyl groups excluding tert-OH is 1. The van der Waals surface area contributed by atoms with Crippen molar-refractivity contribution in [2.75, 3.05) is 17.9 Å². The van der Waals surface area contributed by atoms with Gasteiger partial charge in [-0.15, -0.1) is 0 Å². The molecule has 3 atom stereocenters. The normalized spacial score (nSPS) is 15.2. The molecule has 1 aliphatic rings. The molecule has 0 aromatic heterocycles. The standard InChI is InChI=1S/C32H33N2O8PS/c1-22(15-23-9-11-27(12-10-23)41-20-25-6-2-3-8-32(25)43(36)37)33-18-26(35)21-42-31-14-13-28-17-30(31)34-44(38,39)29-7-4-5-24(16-29)19-40-28/h2-14,16-17,22,26,33-35H,15,18-21H2,1H3/p+1. The van der Waals surface area contributed by atoms with Crippen LogP contribution >= 0.6 is 8.03 Å². The lowest BCUT2D eigenvalue weighted by Gasteiger charge is -2.20.